The van der Waals surface area contributed by atoms with Gasteiger partial charge in [0.05, 0.1) is 6.61 Å². The van der Waals surface area contributed by atoms with Gasteiger partial charge in [-0.25, -0.2) is 0 Å². The summed E-state index contributed by atoms with van der Waals surface area (Å²) in [6, 6.07) is 2.15. The van der Waals surface area contributed by atoms with Gasteiger partial charge in [0.1, 0.15) is 0 Å². The van der Waals surface area contributed by atoms with Gasteiger partial charge in [-0.05, 0) is 39.8 Å². The summed E-state index contributed by atoms with van der Waals surface area (Å²) >= 11 is 0. The van der Waals surface area contributed by atoms with Gasteiger partial charge in [-0.15, -0.1) is 0 Å². The van der Waals surface area contributed by atoms with Gasteiger partial charge in [0.25, 0.3) is 0 Å². The highest BCUT2D eigenvalue weighted by Crippen LogP contribution is 2.34. The highest BCUT2D eigenvalue weighted by molar-refractivity contribution is 4.95. The first-order chi connectivity index (χ1) is 7.74. The van der Waals surface area contributed by atoms with Crippen LogP contribution in [0.3, 0.4) is 0 Å². The van der Waals surface area contributed by atoms with Gasteiger partial charge in [0, 0.05) is 24.7 Å². The van der Waals surface area contributed by atoms with Gasteiger partial charge in [0.2, 0.25) is 0 Å². The van der Waals surface area contributed by atoms with E-state index in [0.717, 1.165) is 12.6 Å². The molecule has 3 heteroatoms. The fraction of sp³-hybridized carbons (Fsp3) is 1.00. The van der Waals surface area contributed by atoms with Gasteiger partial charge in [-0.1, -0.05) is 12.8 Å². The molecule has 0 aromatic rings. The Morgan fingerprint density at radius 2 is 1.62 bits per heavy atom. The average Bonchev–Trinajstić information content (AvgIpc) is 3.10. The summed E-state index contributed by atoms with van der Waals surface area (Å²) in [5.74, 6) is 0. The fourth-order valence-electron chi connectivity index (χ4n) is 3.22. The zero-order valence-electron chi connectivity index (χ0n) is 10.7. The Hall–Kier alpha value is -0.120. The second kappa shape index (κ2) is 5.48. The van der Waals surface area contributed by atoms with Crippen LogP contribution in [0.4, 0.5) is 0 Å². The van der Waals surface area contributed by atoms with E-state index in [2.05, 4.69) is 23.9 Å². The second-order valence-electron chi connectivity index (χ2n) is 5.58. The molecule has 2 saturated carbocycles. The first-order valence-electron chi connectivity index (χ1n) is 6.77. The van der Waals surface area contributed by atoms with Crippen LogP contribution in [0.5, 0.6) is 0 Å². The summed E-state index contributed by atoms with van der Waals surface area (Å²) in [5, 5.41) is 9.21. The Morgan fingerprint density at radius 1 is 1.00 bits per heavy atom. The molecule has 0 spiro atoms. The van der Waals surface area contributed by atoms with E-state index in [9.17, 15) is 5.11 Å². The third-order valence-electron chi connectivity index (χ3n) is 4.16. The number of hydrogen-bond acceptors (Lipinski definition) is 3. The molecule has 3 nitrogen and oxygen atoms in total. The van der Waals surface area contributed by atoms with E-state index in [4.69, 9.17) is 0 Å². The molecular weight excluding hydrogens is 200 g/mol. The zero-order chi connectivity index (χ0) is 11.5. The van der Waals surface area contributed by atoms with Crippen LogP contribution >= 0.6 is 0 Å². The van der Waals surface area contributed by atoms with Gasteiger partial charge in [-0.2, -0.15) is 0 Å². The van der Waals surface area contributed by atoms with Gasteiger partial charge in [-0.3, -0.25) is 4.90 Å². The second-order valence-corrected chi connectivity index (χ2v) is 5.58. The van der Waals surface area contributed by atoms with E-state index >= 15 is 0 Å². The molecule has 0 saturated heterocycles. The Morgan fingerprint density at radius 3 is 2.12 bits per heavy atom. The zero-order valence-corrected chi connectivity index (χ0v) is 10.7. The maximum absolute atomic E-state index is 9.21. The lowest BCUT2D eigenvalue weighted by molar-refractivity contribution is 0.0547. The number of nitrogens with zero attached hydrogens (tertiary/aromatic N) is 2. The molecule has 0 radical (unpaired) electrons. The van der Waals surface area contributed by atoms with Crippen molar-refractivity contribution in [3.05, 3.63) is 0 Å². The number of likely N-dealkylation sites (N-methyl/N-ethyl adjacent to an activating group) is 1. The molecule has 2 rings (SSSR count). The van der Waals surface area contributed by atoms with Crippen molar-refractivity contribution >= 4 is 0 Å². The van der Waals surface area contributed by atoms with Crippen LogP contribution in [0, 0.1) is 0 Å². The molecule has 2 fully saturated rings. The molecule has 0 bridgehead atoms. The standard InChI is InChI=1S/C13H26N2O/c1-14(2)12-5-3-4-6-13(12)15(9-10-16)11-7-8-11/h11-13,16H,3-10H2,1-2H3/t12-,13+/m0/s1. The normalized spacial score (nSPS) is 31.3. The van der Waals surface area contributed by atoms with Crippen LogP contribution in [0.1, 0.15) is 38.5 Å². The van der Waals surface area contributed by atoms with Crippen LogP contribution in [0.2, 0.25) is 0 Å². The Balaban J connectivity index is 2.01. The van der Waals surface area contributed by atoms with E-state index in [0.29, 0.717) is 18.7 Å². The smallest absolute Gasteiger partial charge is 0.0558 e. The van der Waals surface area contributed by atoms with Crippen LogP contribution in [-0.2, 0) is 0 Å². The average molecular weight is 226 g/mol. The number of hydrogen-bond donors (Lipinski definition) is 1. The van der Waals surface area contributed by atoms with Crippen molar-refractivity contribution < 1.29 is 5.11 Å². The molecule has 0 unspecified atom stereocenters. The molecule has 94 valence electrons. The van der Waals surface area contributed by atoms with Crippen molar-refractivity contribution in [1.29, 1.82) is 0 Å². The van der Waals surface area contributed by atoms with Crippen molar-refractivity contribution in [3.63, 3.8) is 0 Å². The van der Waals surface area contributed by atoms with Crippen LogP contribution in [-0.4, -0.2) is 60.3 Å². The molecule has 2 aliphatic rings. The minimum atomic E-state index is 0.313. The first-order valence-corrected chi connectivity index (χ1v) is 6.77. The summed E-state index contributed by atoms with van der Waals surface area (Å²) in [7, 11) is 4.40. The number of aliphatic hydroxyl groups is 1. The van der Waals surface area contributed by atoms with Crippen molar-refractivity contribution in [2.75, 3.05) is 27.2 Å². The lowest BCUT2D eigenvalue weighted by Crippen LogP contribution is -2.52. The minimum absolute atomic E-state index is 0.313. The maximum atomic E-state index is 9.21. The van der Waals surface area contributed by atoms with E-state index in [1.54, 1.807) is 0 Å². The van der Waals surface area contributed by atoms with Gasteiger partial charge >= 0.3 is 0 Å². The molecule has 0 aromatic heterocycles. The van der Waals surface area contributed by atoms with Gasteiger partial charge < -0.3 is 10.0 Å². The Bertz CT molecular complexity index is 216. The minimum Gasteiger partial charge on any atom is -0.395 e. The topological polar surface area (TPSA) is 26.7 Å². The quantitative estimate of drug-likeness (QED) is 0.766. The van der Waals surface area contributed by atoms with Crippen LogP contribution < -0.4 is 0 Å². The van der Waals surface area contributed by atoms with E-state index < -0.39 is 0 Å². The molecule has 2 aliphatic carbocycles. The number of aliphatic hydroxyl groups excluding tert-OH is 1. The third kappa shape index (κ3) is 2.76. The fourth-order valence-corrected chi connectivity index (χ4v) is 3.22. The summed E-state index contributed by atoms with van der Waals surface area (Å²) in [6.45, 7) is 1.19. The molecular formula is C13H26N2O. The Labute approximate surface area is 99.4 Å². The summed E-state index contributed by atoms with van der Waals surface area (Å²) in [5.41, 5.74) is 0. The van der Waals surface area contributed by atoms with Crippen LogP contribution in [0.15, 0.2) is 0 Å². The maximum Gasteiger partial charge on any atom is 0.0558 e. The SMILES string of the molecule is CN(C)[C@H]1CCCC[C@H]1N(CCO)C1CC1. The molecule has 0 aromatic carbocycles. The predicted molar refractivity (Wildman–Crippen MR) is 66.5 cm³/mol. The Kier molecular flexibility index (Phi) is 4.22. The summed E-state index contributed by atoms with van der Waals surface area (Å²) in [6.07, 6.45) is 8.07. The lowest BCUT2D eigenvalue weighted by atomic mass is 9.88. The predicted octanol–water partition coefficient (Wildman–Crippen LogP) is 1.32. The molecule has 0 aliphatic heterocycles. The third-order valence-corrected chi connectivity index (χ3v) is 4.16. The first kappa shape index (κ1) is 12.3. The summed E-state index contributed by atoms with van der Waals surface area (Å²) < 4.78 is 0. The van der Waals surface area contributed by atoms with Crippen molar-refractivity contribution in [2.45, 2.75) is 56.7 Å². The van der Waals surface area contributed by atoms with Crippen molar-refractivity contribution in [1.82, 2.24) is 9.80 Å². The molecule has 1 N–H and O–H groups in total. The van der Waals surface area contributed by atoms with Crippen molar-refractivity contribution in [3.8, 4) is 0 Å². The van der Waals surface area contributed by atoms with E-state index in [-0.39, 0.29) is 0 Å². The molecule has 0 heterocycles. The van der Waals surface area contributed by atoms with Crippen molar-refractivity contribution in [2.24, 2.45) is 0 Å². The largest absolute Gasteiger partial charge is 0.395 e. The monoisotopic (exact) mass is 226 g/mol. The molecule has 0 amide bonds. The highest BCUT2D eigenvalue weighted by atomic mass is 16.3. The summed E-state index contributed by atoms with van der Waals surface area (Å²) in [4.78, 5) is 4.97. The lowest BCUT2D eigenvalue weighted by Gasteiger charge is -2.43. The van der Waals surface area contributed by atoms with E-state index in [1.165, 1.54) is 38.5 Å². The number of rotatable bonds is 5. The molecule has 16 heavy (non-hydrogen) atoms. The van der Waals surface area contributed by atoms with Crippen LogP contribution in [0.25, 0.3) is 0 Å². The van der Waals surface area contributed by atoms with E-state index in [1.807, 2.05) is 0 Å². The highest BCUT2D eigenvalue weighted by Gasteiger charge is 2.38. The molecule has 2 atom stereocenters. The van der Waals surface area contributed by atoms with Gasteiger partial charge in [0.15, 0.2) is 0 Å².